The molecular weight excluding hydrogens is 256 g/mol. The number of hydrogen-bond acceptors (Lipinski definition) is 3. The summed E-state index contributed by atoms with van der Waals surface area (Å²) in [6.07, 6.45) is 0.593. The molecule has 74 valence electrons. The zero-order valence-corrected chi connectivity index (χ0v) is 9.43. The fourth-order valence-corrected chi connectivity index (χ4v) is 1.96. The normalized spacial score (nSPS) is 23.3. The number of carbonyl (C=O) groups excluding carboxylic acids is 2. The van der Waals surface area contributed by atoms with Crippen molar-refractivity contribution in [2.75, 3.05) is 5.75 Å². The van der Waals surface area contributed by atoms with Crippen LogP contribution in [-0.2, 0) is 9.59 Å². The summed E-state index contributed by atoms with van der Waals surface area (Å²) < 4.78 is -1.99. The molecule has 1 fully saturated rings. The number of carbonyl (C=O) groups is 2. The van der Waals surface area contributed by atoms with Crippen LogP contribution in [0.5, 0.6) is 0 Å². The molecule has 1 unspecified atom stereocenters. The van der Waals surface area contributed by atoms with Gasteiger partial charge in [0.1, 0.15) is 0 Å². The van der Waals surface area contributed by atoms with Crippen molar-refractivity contribution in [2.45, 2.75) is 16.3 Å². The van der Waals surface area contributed by atoms with Crippen LogP contribution < -0.4 is 5.32 Å². The maximum Gasteiger partial charge on any atom is 0.272 e. The summed E-state index contributed by atoms with van der Waals surface area (Å²) in [4.78, 5) is 22.2. The third kappa shape index (κ3) is 3.20. The van der Waals surface area contributed by atoms with Crippen LogP contribution in [0.25, 0.3) is 0 Å². The lowest BCUT2D eigenvalue weighted by atomic mass is 10.2. The Bertz CT molecular complexity index is 241. The van der Waals surface area contributed by atoms with Crippen molar-refractivity contribution in [2.24, 2.45) is 0 Å². The highest BCUT2D eigenvalue weighted by Gasteiger charge is 2.35. The molecule has 0 aliphatic carbocycles. The van der Waals surface area contributed by atoms with Crippen LogP contribution in [0, 0.1) is 0 Å². The van der Waals surface area contributed by atoms with Gasteiger partial charge in [-0.15, -0.1) is 0 Å². The van der Waals surface area contributed by atoms with Crippen molar-refractivity contribution >= 4 is 57.6 Å². The van der Waals surface area contributed by atoms with Crippen LogP contribution in [0.4, 0.5) is 0 Å². The average Bonchev–Trinajstić information content (AvgIpc) is 2.34. The molecule has 0 aromatic heterocycles. The largest absolute Gasteiger partial charge is 0.342 e. The molecule has 1 saturated heterocycles. The van der Waals surface area contributed by atoms with Gasteiger partial charge in [0.2, 0.25) is 5.12 Å². The maximum atomic E-state index is 11.1. The minimum Gasteiger partial charge on any atom is -0.342 e. The predicted octanol–water partition coefficient (Wildman–Crippen LogP) is 1.50. The van der Waals surface area contributed by atoms with Crippen molar-refractivity contribution in [1.82, 2.24) is 5.32 Å². The molecule has 1 atom stereocenters. The van der Waals surface area contributed by atoms with E-state index in [1.807, 2.05) is 0 Å². The number of nitrogens with one attached hydrogen (secondary N) is 1. The molecule has 1 amide bonds. The van der Waals surface area contributed by atoms with Gasteiger partial charge in [0, 0.05) is 5.75 Å². The van der Waals surface area contributed by atoms with Gasteiger partial charge in [-0.3, -0.25) is 9.59 Å². The average molecular weight is 263 g/mol. The van der Waals surface area contributed by atoms with Crippen molar-refractivity contribution in [3.05, 3.63) is 0 Å². The summed E-state index contributed by atoms with van der Waals surface area (Å²) in [5, 5.41) is 2.28. The molecule has 1 heterocycles. The van der Waals surface area contributed by atoms with Crippen molar-refractivity contribution in [3.63, 3.8) is 0 Å². The Balaban J connectivity index is 2.49. The van der Waals surface area contributed by atoms with E-state index in [4.69, 9.17) is 34.8 Å². The van der Waals surface area contributed by atoms with Gasteiger partial charge in [0.15, 0.2) is 0 Å². The molecule has 3 nitrogen and oxygen atoms in total. The molecule has 0 aromatic rings. The van der Waals surface area contributed by atoms with Gasteiger partial charge in [0.25, 0.3) is 9.70 Å². The Hall–Kier alpha value is 0.360. The molecule has 13 heavy (non-hydrogen) atoms. The Morgan fingerprint density at radius 3 is 2.54 bits per heavy atom. The lowest BCUT2D eigenvalue weighted by molar-refractivity contribution is -0.123. The Labute approximate surface area is 94.5 Å². The van der Waals surface area contributed by atoms with Gasteiger partial charge in [-0.25, -0.2) is 0 Å². The minimum absolute atomic E-state index is 0.0809. The highest BCUT2D eigenvalue weighted by molar-refractivity contribution is 8.14. The quantitative estimate of drug-likeness (QED) is 0.729. The molecule has 0 bridgehead atoms. The number of thioether (sulfide) groups is 1. The summed E-state index contributed by atoms with van der Waals surface area (Å²) in [5.74, 6) is -0.0535. The van der Waals surface area contributed by atoms with Gasteiger partial charge < -0.3 is 5.32 Å². The van der Waals surface area contributed by atoms with E-state index in [9.17, 15) is 9.59 Å². The second-order valence-corrected chi connectivity index (χ2v) is 5.86. The molecular formula is C6H6Cl3NO2S. The van der Waals surface area contributed by atoms with Crippen LogP contribution in [0.3, 0.4) is 0 Å². The molecule has 1 aliphatic heterocycles. The van der Waals surface area contributed by atoms with Crippen LogP contribution in [0.2, 0.25) is 0 Å². The lowest BCUT2D eigenvalue weighted by Crippen LogP contribution is -2.43. The van der Waals surface area contributed by atoms with Crippen LogP contribution >= 0.6 is 46.6 Å². The molecule has 1 N–H and O–H groups in total. The summed E-state index contributed by atoms with van der Waals surface area (Å²) in [7, 11) is 0. The van der Waals surface area contributed by atoms with Crippen LogP contribution in [-0.4, -0.2) is 26.6 Å². The Morgan fingerprint density at radius 2 is 2.15 bits per heavy atom. The molecule has 0 saturated carbocycles. The minimum atomic E-state index is -1.99. The zero-order valence-electron chi connectivity index (χ0n) is 6.35. The molecule has 1 rings (SSSR count). The standard InChI is InChI=1S/C6H6Cl3NO2S/c7-6(8,9)5(12)10-3-1-2-13-4(3)11/h3H,1-2H2,(H,10,12). The van der Waals surface area contributed by atoms with E-state index in [2.05, 4.69) is 5.32 Å². The first-order valence-corrected chi connectivity index (χ1v) is 5.57. The Kier molecular flexibility index (Phi) is 3.74. The number of amides is 1. The van der Waals surface area contributed by atoms with E-state index in [1.54, 1.807) is 0 Å². The zero-order chi connectivity index (χ0) is 10.1. The van der Waals surface area contributed by atoms with Crippen molar-refractivity contribution in [1.29, 1.82) is 0 Å². The summed E-state index contributed by atoms with van der Waals surface area (Å²) in [6.45, 7) is 0. The van der Waals surface area contributed by atoms with E-state index in [0.717, 1.165) is 0 Å². The van der Waals surface area contributed by atoms with Crippen LogP contribution in [0.1, 0.15) is 6.42 Å². The van der Waals surface area contributed by atoms with Gasteiger partial charge in [-0.05, 0) is 6.42 Å². The first kappa shape index (κ1) is 11.4. The monoisotopic (exact) mass is 261 g/mol. The van der Waals surface area contributed by atoms with E-state index in [0.29, 0.717) is 12.2 Å². The Morgan fingerprint density at radius 1 is 1.54 bits per heavy atom. The third-order valence-electron chi connectivity index (χ3n) is 1.50. The van der Waals surface area contributed by atoms with E-state index >= 15 is 0 Å². The highest BCUT2D eigenvalue weighted by atomic mass is 35.6. The first-order chi connectivity index (χ1) is 5.91. The number of rotatable bonds is 1. The van der Waals surface area contributed by atoms with Gasteiger partial charge in [-0.1, -0.05) is 46.6 Å². The molecule has 1 aliphatic rings. The summed E-state index contributed by atoms with van der Waals surface area (Å²) in [5.41, 5.74) is 0. The fourth-order valence-electron chi connectivity index (χ4n) is 0.867. The lowest BCUT2D eigenvalue weighted by Gasteiger charge is -2.14. The number of halogens is 3. The van der Waals surface area contributed by atoms with E-state index in [1.165, 1.54) is 11.8 Å². The molecule has 0 aromatic carbocycles. The smallest absolute Gasteiger partial charge is 0.272 e. The van der Waals surface area contributed by atoms with E-state index in [-0.39, 0.29) is 5.12 Å². The summed E-state index contributed by atoms with van der Waals surface area (Å²) >= 11 is 17.1. The van der Waals surface area contributed by atoms with Crippen molar-refractivity contribution in [3.8, 4) is 0 Å². The maximum absolute atomic E-state index is 11.1. The molecule has 0 spiro atoms. The first-order valence-electron chi connectivity index (χ1n) is 3.45. The highest BCUT2D eigenvalue weighted by Crippen LogP contribution is 2.27. The van der Waals surface area contributed by atoms with Crippen LogP contribution in [0.15, 0.2) is 0 Å². The van der Waals surface area contributed by atoms with Gasteiger partial charge in [0.05, 0.1) is 6.04 Å². The second-order valence-electron chi connectivity index (χ2n) is 2.48. The predicted molar refractivity (Wildman–Crippen MR) is 54.3 cm³/mol. The molecule has 0 radical (unpaired) electrons. The van der Waals surface area contributed by atoms with Gasteiger partial charge in [-0.2, -0.15) is 0 Å². The topological polar surface area (TPSA) is 46.2 Å². The SMILES string of the molecule is O=C1SCCC1NC(=O)C(Cl)(Cl)Cl. The number of alkyl halides is 3. The third-order valence-corrected chi connectivity index (χ3v) is 3.02. The number of hydrogen-bond donors (Lipinski definition) is 1. The second kappa shape index (κ2) is 4.26. The molecule has 7 heteroatoms. The van der Waals surface area contributed by atoms with Gasteiger partial charge >= 0.3 is 0 Å². The summed E-state index contributed by atoms with van der Waals surface area (Å²) in [6, 6.07) is -0.506. The van der Waals surface area contributed by atoms with E-state index < -0.39 is 15.7 Å². The van der Waals surface area contributed by atoms with Crippen molar-refractivity contribution < 1.29 is 9.59 Å². The fraction of sp³-hybridized carbons (Fsp3) is 0.667.